The highest BCUT2D eigenvalue weighted by atomic mass is 32.2. The number of hydrogen-bond acceptors (Lipinski definition) is 3. The first-order valence-corrected chi connectivity index (χ1v) is 6.61. The maximum absolute atomic E-state index is 12.7. The van der Waals surface area contributed by atoms with E-state index in [1.165, 1.54) is 24.3 Å². The first-order valence-electron chi connectivity index (χ1n) is 5.13. The lowest BCUT2D eigenvalue weighted by Gasteiger charge is -2.21. The number of alkyl halides is 3. The van der Waals surface area contributed by atoms with Crippen LogP contribution in [0.5, 0.6) is 0 Å². The van der Waals surface area contributed by atoms with Crippen LogP contribution in [-0.4, -0.2) is 20.1 Å². The molecule has 1 fully saturated rings. The summed E-state index contributed by atoms with van der Waals surface area (Å²) >= 11 is 0. The molecular weight excluding hydrogens is 269 g/mol. The summed E-state index contributed by atoms with van der Waals surface area (Å²) in [6, 6.07) is 5.40. The molecule has 0 saturated heterocycles. The zero-order valence-electron chi connectivity index (χ0n) is 9.16. The number of halogens is 3. The summed E-state index contributed by atoms with van der Waals surface area (Å²) in [7, 11) is -4.26. The monoisotopic (exact) mass is 280 g/mol. The quantitative estimate of drug-likeness (QED) is 0.827. The smallest absolute Gasteiger partial charge is 0.398 e. The van der Waals surface area contributed by atoms with Crippen LogP contribution in [0.1, 0.15) is 12.8 Å². The molecule has 0 unspecified atom stereocenters. The first kappa shape index (κ1) is 13.2. The third-order valence-corrected chi connectivity index (χ3v) is 4.44. The maximum atomic E-state index is 12.7. The van der Waals surface area contributed by atoms with Gasteiger partial charge in [0.2, 0.25) is 10.0 Å². The van der Waals surface area contributed by atoms with Crippen molar-refractivity contribution in [2.24, 2.45) is 0 Å². The van der Waals surface area contributed by atoms with E-state index >= 15 is 0 Å². The highest BCUT2D eigenvalue weighted by molar-refractivity contribution is 7.89. The van der Waals surface area contributed by atoms with E-state index < -0.39 is 21.7 Å². The van der Waals surface area contributed by atoms with Crippen molar-refractivity contribution in [3.8, 4) is 0 Å². The van der Waals surface area contributed by atoms with Gasteiger partial charge in [0, 0.05) is 0 Å². The Balaban J connectivity index is 2.33. The highest BCUT2D eigenvalue weighted by Crippen LogP contribution is 2.49. The minimum atomic E-state index is -4.59. The third kappa shape index (κ3) is 2.17. The second-order valence-corrected chi connectivity index (χ2v) is 5.87. The molecule has 2 rings (SSSR count). The average Bonchev–Trinajstić information content (AvgIpc) is 2.97. The predicted molar refractivity (Wildman–Crippen MR) is 59.2 cm³/mol. The molecule has 1 aromatic carbocycles. The topological polar surface area (TPSA) is 72.2 Å². The van der Waals surface area contributed by atoms with Crippen molar-refractivity contribution >= 4 is 15.7 Å². The Morgan fingerprint density at radius 1 is 1.22 bits per heavy atom. The fourth-order valence-corrected chi connectivity index (χ4v) is 3.19. The number of nitrogen functional groups attached to an aromatic ring is 1. The molecule has 0 amide bonds. The Hall–Kier alpha value is -1.28. The van der Waals surface area contributed by atoms with E-state index in [2.05, 4.69) is 0 Å². The highest BCUT2D eigenvalue weighted by Gasteiger charge is 2.65. The molecule has 0 heterocycles. The molecule has 100 valence electrons. The van der Waals surface area contributed by atoms with E-state index in [1.54, 1.807) is 4.72 Å². The standard InChI is InChI=1S/C10H11F3N2O2S/c11-10(12,13)9(5-6-9)15-18(16,17)8-4-2-1-3-7(8)14/h1-4,15H,5-6,14H2. The first-order chi connectivity index (χ1) is 8.18. The number of hydrogen-bond donors (Lipinski definition) is 2. The molecule has 0 radical (unpaired) electrons. The SMILES string of the molecule is Nc1ccccc1S(=O)(=O)NC1(C(F)(F)F)CC1. The number of nitrogens with one attached hydrogen (secondary N) is 1. The molecule has 3 N–H and O–H groups in total. The number of nitrogens with two attached hydrogens (primary N) is 1. The van der Waals surface area contributed by atoms with Gasteiger partial charge in [-0.1, -0.05) is 12.1 Å². The van der Waals surface area contributed by atoms with Gasteiger partial charge in [0.25, 0.3) is 0 Å². The van der Waals surface area contributed by atoms with E-state index in [4.69, 9.17) is 5.73 Å². The van der Waals surface area contributed by atoms with Crippen LogP contribution in [-0.2, 0) is 10.0 Å². The number of benzene rings is 1. The Morgan fingerprint density at radius 3 is 2.22 bits per heavy atom. The molecule has 1 aromatic rings. The summed E-state index contributed by atoms with van der Waals surface area (Å²) in [5.74, 6) is 0. The van der Waals surface area contributed by atoms with Crippen LogP contribution < -0.4 is 10.5 Å². The molecule has 8 heteroatoms. The van der Waals surface area contributed by atoms with E-state index in [0.29, 0.717) is 0 Å². The van der Waals surface area contributed by atoms with E-state index in [1.807, 2.05) is 0 Å². The van der Waals surface area contributed by atoms with Gasteiger partial charge < -0.3 is 5.73 Å². The molecule has 18 heavy (non-hydrogen) atoms. The summed E-state index contributed by atoms with van der Waals surface area (Å²) in [4.78, 5) is -0.333. The normalized spacial score (nSPS) is 18.6. The van der Waals surface area contributed by atoms with Crippen molar-refractivity contribution in [2.75, 3.05) is 5.73 Å². The molecule has 4 nitrogen and oxygen atoms in total. The van der Waals surface area contributed by atoms with Crippen molar-refractivity contribution in [3.63, 3.8) is 0 Å². The largest absolute Gasteiger partial charge is 0.407 e. The van der Waals surface area contributed by atoms with Gasteiger partial charge in [0.1, 0.15) is 10.4 Å². The molecule has 0 aliphatic heterocycles. The molecule has 1 saturated carbocycles. The Labute approximate surface area is 102 Å². The number of anilines is 1. The van der Waals surface area contributed by atoms with Gasteiger partial charge >= 0.3 is 6.18 Å². The van der Waals surface area contributed by atoms with Crippen LogP contribution in [0.25, 0.3) is 0 Å². The van der Waals surface area contributed by atoms with E-state index in [-0.39, 0.29) is 23.4 Å². The lowest BCUT2D eigenvalue weighted by molar-refractivity contribution is -0.160. The van der Waals surface area contributed by atoms with Crippen molar-refractivity contribution < 1.29 is 21.6 Å². The molecule has 0 bridgehead atoms. The molecule has 0 atom stereocenters. The van der Waals surface area contributed by atoms with E-state index in [0.717, 1.165) is 0 Å². The van der Waals surface area contributed by atoms with Gasteiger partial charge in [-0.2, -0.15) is 17.9 Å². The maximum Gasteiger partial charge on any atom is 0.407 e. The van der Waals surface area contributed by atoms with Crippen LogP contribution in [0.2, 0.25) is 0 Å². The van der Waals surface area contributed by atoms with Gasteiger partial charge in [-0.3, -0.25) is 0 Å². The van der Waals surface area contributed by atoms with Crippen LogP contribution in [0, 0.1) is 0 Å². The molecular formula is C10H11F3N2O2S. The van der Waals surface area contributed by atoms with Crippen molar-refractivity contribution in [3.05, 3.63) is 24.3 Å². The summed E-state index contributed by atoms with van der Waals surface area (Å²) in [5, 5.41) is 0. The summed E-state index contributed by atoms with van der Waals surface area (Å²) in [5.41, 5.74) is 3.05. The van der Waals surface area contributed by atoms with Crippen molar-refractivity contribution in [2.45, 2.75) is 29.5 Å². The number of sulfonamides is 1. The summed E-state index contributed by atoms with van der Waals surface area (Å²) < 4.78 is 63.5. The van der Waals surface area contributed by atoms with E-state index in [9.17, 15) is 21.6 Å². The molecule has 0 aromatic heterocycles. The minimum absolute atomic E-state index is 0.0806. The average molecular weight is 280 g/mol. The molecule has 0 spiro atoms. The van der Waals surface area contributed by atoms with Gasteiger partial charge in [0.15, 0.2) is 0 Å². The Bertz CT molecular complexity index is 565. The van der Waals surface area contributed by atoms with Gasteiger partial charge in [-0.15, -0.1) is 0 Å². The van der Waals surface area contributed by atoms with Crippen LogP contribution in [0.3, 0.4) is 0 Å². The Morgan fingerprint density at radius 2 is 1.78 bits per heavy atom. The third-order valence-electron chi connectivity index (χ3n) is 2.83. The fraction of sp³-hybridized carbons (Fsp3) is 0.400. The molecule has 1 aliphatic carbocycles. The lowest BCUT2D eigenvalue weighted by atomic mass is 10.3. The second-order valence-electron chi connectivity index (χ2n) is 4.22. The summed E-state index contributed by atoms with van der Waals surface area (Å²) in [6.07, 6.45) is -5.09. The van der Waals surface area contributed by atoms with Crippen LogP contribution >= 0.6 is 0 Å². The predicted octanol–water partition coefficient (Wildman–Crippen LogP) is 1.64. The van der Waals surface area contributed by atoms with Crippen LogP contribution in [0.15, 0.2) is 29.2 Å². The van der Waals surface area contributed by atoms with Gasteiger partial charge in [0.05, 0.1) is 5.69 Å². The fourth-order valence-electron chi connectivity index (χ4n) is 1.61. The van der Waals surface area contributed by atoms with Gasteiger partial charge in [-0.25, -0.2) is 8.42 Å². The molecule has 1 aliphatic rings. The van der Waals surface area contributed by atoms with Crippen molar-refractivity contribution in [1.82, 2.24) is 4.72 Å². The second kappa shape index (κ2) is 3.86. The zero-order chi connectivity index (χ0) is 13.6. The summed E-state index contributed by atoms with van der Waals surface area (Å²) in [6.45, 7) is 0. The number of para-hydroxylation sites is 1. The zero-order valence-corrected chi connectivity index (χ0v) is 9.98. The van der Waals surface area contributed by atoms with Crippen LogP contribution in [0.4, 0.5) is 18.9 Å². The lowest BCUT2D eigenvalue weighted by Crippen LogP contribution is -2.47. The number of rotatable bonds is 3. The minimum Gasteiger partial charge on any atom is -0.398 e. The van der Waals surface area contributed by atoms with Crippen molar-refractivity contribution in [1.29, 1.82) is 0 Å². The Kier molecular flexibility index (Phi) is 2.82. The van der Waals surface area contributed by atoms with Gasteiger partial charge in [-0.05, 0) is 25.0 Å².